The molecule has 140 valence electrons. The van der Waals surface area contributed by atoms with Gasteiger partial charge in [0.2, 0.25) is 0 Å². The van der Waals surface area contributed by atoms with Crippen LogP contribution < -0.4 is 4.90 Å². The molecule has 1 aromatic heterocycles. The smallest absolute Gasteiger partial charge is 0.331 e. The number of hydrogen-bond donors (Lipinski definition) is 0. The van der Waals surface area contributed by atoms with Crippen LogP contribution in [0.3, 0.4) is 0 Å². The van der Waals surface area contributed by atoms with Gasteiger partial charge in [0.05, 0.1) is 17.6 Å². The standard InChI is InChI=1S/C21H14ClNO4S/c22-14-7-9-19-17(12-14)23(16-5-1-2-6-18(16)28-19)20(24)13-27-21(25)10-8-15-4-3-11-26-15/h1-12H,13H2/b10-8+. The SMILES string of the molecule is O=C(/C=C/c1ccco1)OCC(=O)N1c2ccccc2Sc2ccc(Cl)cc21. The quantitative estimate of drug-likeness (QED) is 0.429. The van der Waals surface area contributed by atoms with Gasteiger partial charge in [-0.05, 0) is 48.5 Å². The molecule has 0 atom stereocenters. The average molecular weight is 412 g/mol. The molecule has 0 fully saturated rings. The Kier molecular flexibility index (Phi) is 5.23. The lowest BCUT2D eigenvalue weighted by Gasteiger charge is -2.31. The molecular weight excluding hydrogens is 398 g/mol. The van der Waals surface area contributed by atoms with Crippen molar-refractivity contribution in [1.82, 2.24) is 0 Å². The van der Waals surface area contributed by atoms with Crippen LogP contribution in [0.1, 0.15) is 5.76 Å². The lowest BCUT2D eigenvalue weighted by molar-refractivity contribution is -0.142. The lowest BCUT2D eigenvalue weighted by atomic mass is 10.2. The van der Waals surface area contributed by atoms with E-state index in [1.807, 2.05) is 30.3 Å². The number of carbonyl (C=O) groups is 2. The molecule has 28 heavy (non-hydrogen) atoms. The van der Waals surface area contributed by atoms with Gasteiger partial charge in [0.25, 0.3) is 5.91 Å². The number of para-hydroxylation sites is 1. The summed E-state index contributed by atoms with van der Waals surface area (Å²) in [6.07, 6.45) is 4.20. The van der Waals surface area contributed by atoms with E-state index in [1.165, 1.54) is 23.3 Å². The Labute approximate surface area is 170 Å². The predicted molar refractivity (Wildman–Crippen MR) is 108 cm³/mol. The van der Waals surface area contributed by atoms with E-state index in [0.29, 0.717) is 16.5 Å². The van der Waals surface area contributed by atoms with E-state index < -0.39 is 12.6 Å². The number of anilines is 2. The first kappa shape index (κ1) is 18.4. The van der Waals surface area contributed by atoms with Gasteiger partial charge in [0, 0.05) is 20.9 Å². The fourth-order valence-corrected chi connectivity index (χ4v) is 3.98. The summed E-state index contributed by atoms with van der Waals surface area (Å²) in [7, 11) is 0. The van der Waals surface area contributed by atoms with E-state index in [4.69, 9.17) is 20.8 Å². The average Bonchev–Trinajstić information content (AvgIpc) is 3.22. The van der Waals surface area contributed by atoms with Crippen LogP contribution in [0.4, 0.5) is 11.4 Å². The molecule has 0 bridgehead atoms. The number of halogens is 1. The zero-order valence-corrected chi connectivity index (χ0v) is 16.1. The number of benzene rings is 2. The van der Waals surface area contributed by atoms with E-state index in [1.54, 1.807) is 36.0 Å². The summed E-state index contributed by atoms with van der Waals surface area (Å²) in [5, 5.41) is 0.523. The Morgan fingerprint density at radius 3 is 2.71 bits per heavy atom. The topological polar surface area (TPSA) is 59.8 Å². The summed E-state index contributed by atoms with van der Waals surface area (Å²) >= 11 is 7.70. The monoisotopic (exact) mass is 411 g/mol. The summed E-state index contributed by atoms with van der Waals surface area (Å²) in [5.41, 5.74) is 1.40. The minimum Gasteiger partial charge on any atom is -0.465 e. The number of ether oxygens (including phenoxy) is 1. The van der Waals surface area contributed by atoms with Gasteiger partial charge < -0.3 is 9.15 Å². The summed E-state index contributed by atoms with van der Waals surface area (Å²) in [5.74, 6) is -0.472. The molecule has 2 heterocycles. The maximum Gasteiger partial charge on any atom is 0.331 e. The highest BCUT2D eigenvalue weighted by Gasteiger charge is 2.28. The molecule has 7 heteroatoms. The number of hydrogen-bond acceptors (Lipinski definition) is 5. The summed E-state index contributed by atoms with van der Waals surface area (Å²) in [4.78, 5) is 28.2. The molecule has 1 amide bonds. The largest absolute Gasteiger partial charge is 0.465 e. The van der Waals surface area contributed by atoms with Crippen LogP contribution >= 0.6 is 23.4 Å². The van der Waals surface area contributed by atoms with Crippen LogP contribution in [0.2, 0.25) is 5.02 Å². The summed E-state index contributed by atoms with van der Waals surface area (Å²) in [6, 6.07) is 16.4. The number of esters is 1. The molecule has 0 aliphatic carbocycles. The van der Waals surface area contributed by atoms with Crippen LogP contribution in [0.5, 0.6) is 0 Å². The second kappa shape index (κ2) is 7.96. The van der Waals surface area contributed by atoms with Gasteiger partial charge in [0.1, 0.15) is 5.76 Å². The third-order valence-corrected chi connectivity index (χ3v) is 5.37. The predicted octanol–water partition coefficient (Wildman–Crippen LogP) is 5.32. The van der Waals surface area contributed by atoms with Crippen LogP contribution in [-0.4, -0.2) is 18.5 Å². The van der Waals surface area contributed by atoms with Crippen molar-refractivity contribution in [1.29, 1.82) is 0 Å². The molecule has 0 saturated carbocycles. The molecule has 3 aromatic rings. The van der Waals surface area contributed by atoms with Crippen molar-refractivity contribution in [3.8, 4) is 0 Å². The third kappa shape index (κ3) is 3.83. The van der Waals surface area contributed by atoms with Gasteiger partial charge in [-0.1, -0.05) is 35.5 Å². The first-order valence-corrected chi connectivity index (χ1v) is 9.59. The zero-order valence-electron chi connectivity index (χ0n) is 14.5. The van der Waals surface area contributed by atoms with Crippen LogP contribution in [0.25, 0.3) is 6.08 Å². The fraction of sp³-hybridized carbons (Fsp3) is 0.0476. The molecule has 0 saturated heterocycles. The molecule has 0 spiro atoms. The first-order valence-electron chi connectivity index (χ1n) is 8.39. The maximum atomic E-state index is 12.9. The third-order valence-electron chi connectivity index (χ3n) is 4.00. The van der Waals surface area contributed by atoms with E-state index in [0.717, 1.165) is 15.5 Å². The van der Waals surface area contributed by atoms with E-state index >= 15 is 0 Å². The van der Waals surface area contributed by atoms with Crippen molar-refractivity contribution in [2.75, 3.05) is 11.5 Å². The molecule has 0 unspecified atom stereocenters. The highest BCUT2D eigenvalue weighted by Crippen LogP contribution is 2.48. The van der Waals surface area contributed by atoms with E-state index in [-0.39, 0.29) is 5.91 Å². The molecule has 4 rings (SSSR count). The Bertz CT molecular complexity index is 1060. The Hall–Kier alpha value is -2.96. The molecule has 0 N–H and O–H groups in total. The second-order valence-corrected chi connectivity index (χ2v) is 7.39. The Morgan fingerprint density at radius 1 is 1.07 bits per heavy atom. The van der Waals surface area contributed by atoms with E-state index in [2.05, 4.69) is 0 Å². The molecule has 0 radical (unpaired) electrons. The molecule has 5 nitrogen and oxygen atoms in total. The van der Waals surface area contributed by atoms with Gasteiger partial charge in [-0.25, -0.2) is 4.79 Å². The fourth-order valence-electron chi connectivity index (χ4n) is 2.78. The van der Waals surface area contributed by atoms with Crippen molar-refractivity contribution in [2.45, 2.75) is 9.79 Å². The number of furan rings is 1. The highest BCUT2D eigenvalue weighted by atomic mass is 35.5. The lowest BCUT2D eigenvalue weighted by Crippen LogP contribution is -2.32. The highest BCUT2D eigenvalue weighted by molar-refractivity contribution is 7.99. The minimum absolute atomic E-state index is 0.365. The maximum absolute atomic E-state index is 12.9. The molecule has 1 aliphatic rings. The van der Waals surface area contributed by atoms with Gasteiger partial charge in [0.15, 0.2) is 6.61 Å². The zero-order chi connectivity index (χ0) is 19.5. The molecular formula is C21H14ClNO4S. The van der Waals surface area contributed by atoms with Gasteiger partial charge in [-0.3, -0.25) is 9.69 Å². The Balaban J connectivity index is 1.54. The number of amides is 1. The van der Waals surface area contributed by atoms with Crippen LogP contribution in [0, 0.1) is 0 Å². The first-order chi connectivity index (χ1) is 13.6. The van der Waals surface area contributed by atoms with Crippen molar-refractivity contribution in [3.05, 3.63) is 77.7 Å². The van der Waals surface area contributed by atoms with Crippen molar-refractivity contribution in [3.63, 3.8) is 0 Å². The molecule has 1 aliphatic heterocycles. The minimum atomic E-state index is -0.629. The second-order valence-electron chi connectivity index (χ2n) is 5.87. The van der Waals surface area contributed by atoms with Gasteiger partial charge in [-0.2, -0.15) is 0 Å². The van der Waals surface area contributed by atoms with Gasteiger partial charge >= 0.3 is 5.97 Å². The number of carbonyl (C=O) groups excluding carboxylic acids is 2. The van der Waals surface area contributed by atoms with E-state index in [9.17, 15) is 9.59 Å². The normalized spacial score (nSPS) is 12.5. The van der Waals surface area contributed by atoms with Crippen molar-refractivity contribution >= 4 is 52.7 Å². The van der Waals surface area contributed by atoms with Gasteiger partial charge in [-0.15, -0.1) is 0 Å². The number of rotatable bonds is 4. The summed E-state index contributed by atoms with van der Waals surface area (Å²) < 4.78 is 10.2. The van der Waals surface area contributed by atoms with Crippen LogP contribution in [0.15, 0.2) is 81.1 Å². The Morgan fingerprint density at radius 2 is 1.89 bits per heavy atom. The van der Waals surface area contributed by atoms with Crippen molar-refractivity contribution < 1.29 is 18.7 Å². The number of nitrogens with zero attached hydrogens (tertiary/aromatic N) is 1. The summed E-state index contributed by atoms with van der Waals surface area (Å²) in [6.45, 7) is -0.397. The van der Waals surface area contributed by atoms with Crippen molar-refractivity contribution in [2.24, 2.45) is 0 Å². The van der Waals surface area contributed by atoms with Crippen LogP contribution in [-0.2, 0) is 14.3 Å². The molecule has 2 aromatic carbocycles. The number of fused-ring (bicyclic) bond motifs is 2.